The number of aryl methyl sites for hydroxylation is 1. The normalized spacial score (nSPS) is 12.2. The van der Waals surface area contributed by atoms with Gasteiger partial charge in [-0.3, -0.25) is 4.79 Å². The third-order valence-electron chi connectivity index (χ3n) is 4.84. The molecule has 0 amide bonds. The second kappa shape index (κ2) is 11.8. The molecule has 0 N–H and O–H groups in total. The number of esters is 1. The molecule has 10 heteroatoms. The third-order valence-corrected chi connectivity index (χ3v) is 6.13. The number of hydrogen-bond acceptors (Lipinski definition) is 7. The molecule has 0 aliphatic carbocycles. The van der Waals surface area contributed by atoms with Crippen LogP contribution >= 0.6 is 38.5 Å². The maximum absolute atomic E-state index is 13.2. The van der Waals surface area contributed by atoms with Gasteiger partial charge in [0.15, 0.2) is 17.6 Å². The number of ether oxygens (including phenoxy) is 3. The van der Waals surface area contributed by atoms with Crippen LogP contribution in [0.15, 0.2) is 44.7 Å². The number of aromatic nitrogens is 2. The topological polar surface area (TPSA) is 92.0 Å². The molecule has 0 bridgehead atoms. The van der Waals surface area contributed by atoms with Crippen LogP contribution in [0.2, 0.25) is 0 Å². The number of hydrogen-bond donors (Lipinski definition) is 0. The lowest BCUT2D eigenvalue weighted by Crippen LogP contribution is -2.26. The third kappa shape index (κ3) is 5.96. The first kappa shape index (κ1) is 26.1. The second-order valence-corrected chi connectivity index (χ2v) is 9.43. The Kier molecular flexibility index (Phi) is 9.06. The van der Waals surface area contributed by atoms with Crippen LogP contribution < -0.4 is 15.0 Å². The van der Waals surface area contributed by atoms with Crippen molar-refractivity contribution in [3.63, 3.8) is 0 Å². The fraction of sp³-hybridized carbons (Fsp3) is 0.333. The summed E-state index contributed by atoms with van der Waals surface area (Å²) in [4.78, 5) is 29.8. The van der Waals surface area contributed by atoms with Crippen molar-refractivity contribution in [1.29, 1.82) is 0 Å². The standard InChI is InChI=1S/C24H25BrIN3O5/c1-5-7-21-28-19-9-8-16(25)12-17(19)23(30)29(21)27-13-15-10-18(26)22(20(11-15)32-4)34-14(3)24(31)33-6-2/h8-14H,5-7H2,1-4H3/t14-/m0/s1. The number of carbonyl (C=O) groups excluding carboxylic acids is 1. The minimum absolute atomic E-state index is 0.240. The van der Waals surface area contributed by atoms with Crippen LogP contribution in [0.5, 0.6) is 11.5 Å². The fourth-order valence-electron chi connectivity index (χ4n) is 3.24. The molecule has 8 nitrogen and oxygen atoms in total. The number of rotatable bonds is 9. The van der Waals surface area contributed by atoms with Crippen LogP contribution in [0, 0.1) is 3.57 Å². The molecule has 180 valence electrons. The van der Waals surface area contributed by atoms with Gasteiger partial charge in [0, 0.05) is 10.9 Å². The van der Waals surface area contributed by atoms with E-state index in [1.165, 1.54) is 11.8 Å². The summed E-state index contributed by atoms with van der Waals surface area (Å²) in [5, 5.41) is 4.94. The fourth-order valence-corrected chi connectivity index (χ4v) is 4.35. The van der Waals surface area contributed by atoms with E-state index >= 15 is 0 Å². The molecule has 0 radical (unpaired) electrons. The van der Waals surface area contributed by atoms with Crippen LogP contribution in [-0.4, -0.2) is 41.7 Å². The number of methoxy groups -OCH3 is 1. The largest absolute Gasteiger partial charge is 0.493 e. The van der Waals surface area contributed by atoms with Gasteiger partial charge in [-0.15, -0.1) is 0 Å². The van der Waals surface area contributed by atoms with Crippen LogP contribution in [0.4, 0.5) is 0 Å². The number of halogens is 2. The van der Waals surface area contributed by atoms with Crippen molar-refractivity contribution >= 4 is 61.6 Å². The van der Waals surface area contributed by atoms with Gasteiger partial charge in [-0.1, -0.05) is 22.9 Å². The van der Waals surface area contributed by atoms with E-state index in [4.69, 9.17) is 14.2 Å². The van der Waals surface area contributed by atoms with E-state index in [2.05, 4.69) is 48.6 Å². The van der Waals surface area contributed by atoms with E-state index in [1.807, 2.05) is 25.1 Å². The van der Waals surface area contributed by atoms with Gasteiger partial charge in [0.25, 0.3) is 5.56 Å². The number of carbonyl (C=O) groups is 1. The highest BCUT2D eigenvalue weighted by atomic mass is 127. The average molecular weight is 642 g/mol. The molecule has 0 aliphatic rings. The van der Waals surface area contributed by atoms with Crippen LogP contribution in [-0.2, 0) is 16.0 Å². The van der Waals surface area contributed by atoms with Gasteiger partial charge in [-0.05, 0) is 78.8 Å². The van der Waals surface area contributed by atoms with Gasteiger partial charge in [0.1, 0.15) is 5.82 Å². The Bertz CT molecular complexity index is 1290. The van der Waals surface area contributed by atoms with Gasteiger partial charge >= 0.3 is 5.97 Å². The van der Waals surface area contributed by atoms with Crippen molar-refractivity contribution in [2.45, 2.75) is 39.7 Å². The van der Waals surface area contributed by atoms with Crippen LogP contribution in [0.25, 0.3) is 10.9 Å². The molecule has 1 atom stereocenters. The highest BCUT2D eigenvalue weighted by molar-refractivity contribution is 14.1. The lowest BCUT2D eigenvalue weighted by Gasteiger charge is -2.17. The maximum Gasteiger partial charge on any atom is 0.347 e. The molecule has 0 spiro atoms. The smallest absolute Gasteiger partial charge is 0.347 e. The Morgan fingerprint density at radius 3 is 2.74 bits per heavy atom. The summed E-state index contributed by atoms with van der Waals surface area (Å²) in [5.74, 6) is 1.00. The van der Waals surface area contributed by atoms with Crippen molar-refractivity contribution in [2.24, 2.45) is 5.10 Å². The van der Waals surface area contributed by atoms with E-state index in [-0.39, 0.29) is 12.2 Å². The zero-order valence-corrected chi connectivity index (χ0v) is 23.0. The highest BCUT2D eigenvalue weighted by Gasteiger charge is 2.20. The molecule has 0 aliphatic heterocycles. The summed E-state index contributed by atoms with van der Waals surface area (Å²) in [6.07, 6.45) is 2.22. The minimum atomic E-state index is -0.792. The van der Waals surface area contributed by atoms with Crippen molar-refractivity contribution in [3.05, 3.63) is 60.1 Å². The summed E-state index contributed by atoms with van der Waals surface area (Å²) >= 11 is 5.52. The first-order valence-electron chi connectivity index (χ1n) is 10.7. The molecule has 0 saturated carbocycles. The van der Waals surface area contributed by atoms with Crippen LogP contribution in [0.3, 0.4) is 0 Å². The van der Waals surface area contributed by atoms with E-state index in [0.717, 1.165) is 14.5 Å². The summed E-state index contributed by atoms with van der Waals surface area (Å²) in [5.41, 5.74) is 1.09. The first-order chi connectivity index (χ1) is 16.3. The average Bonchev–Trinajstić information content (AvgIpc) is 2.81. The molecule has 1 heterocycles. The van der Waals surface area contributed by atoms with E-state index in [0.29, 0.717) is 40.2 Å². The summed E-state index contributed by atoms with van der Waals surface area (Å²) in [6, 6.07) is 8.98. The van der Waals surface area contributed by atoms with Crippen molar-refractivity contribution in [3.8, 4) is 11.5 Å². The van der Waals surface area contributed by atoms with Gasteiger partial charge in [0.2, 0.25) is 0 Å². The summed E-state index contributed by atoms with van der Waals surface area (Å²) in [6.45, 7) is 5.66. The molecular weight excluding hydrogens is 617 g/mol. The van der Waals surface area contributed by atoms with Crippen molar-refractivity contribution in [1.82, 2.24) is 9.66 Å². The number of nitrogens with zero attached hydrogens (tertiary/aromatic N) is 3. The van der Waals surface area contributed by atoms with E-state index < -0.39 is 12.1 Å². The minimum Gasteiger partial charge on any atom is -0.493 e. The van der Waals surface area contributed by atoms with Gasteiger partial charge in [-0.2, -0.15) is 9.78 Å². The molecule has 0 fully saturated rings. The quantitative estimate of drug-likeness (QED) is 0.187. The SMILES string of the molecule is CCCc1nc2ccc(Br)cc2c(=O)n1N=Cc1cc(I)c(O[C@@H](C)C(=O)OCC)c(OC)c1. The van der Waals surface area contributed by atoms with Crippen molar-refractivity contribution in [2.75, 3.05) is 13.7 Å². The van der Waals surface area contributed by atoms with E-state index in [1.54, 1.807) is 32.2 Å². The van der Waals surface area contributed by atoms with Gasteiger partial charge in [-0.25, -0.2) is 9.78 Å². The summed E-state index contributed by atoms with van der Waals surface area (Å²) in [7, 11) is 1.52. The van der Waals surface area contributed by atoms with E-state index in [9.17, 15) is 9.59 Å². The Morgan fingerprint density at radius 2 is 2.06 bits per heavy atom. The molecule has 0 saturated heterocycles. The predicted molar refractivity (Wildman–Crippen MR) is 143 cm³/mol. The molecule has 34 heavy (non-hydrogen) atoms. The predicted octanol–water partition coefficient (Wildman–Crippen LogP) is 4.94. The molecule has 0 unspecified atom stereocenters. The lowest BCUT2D eigenvalue weighted by atomic mass is 10.2. The molecule has 1 aromatic heterocycles. The van der Waals surface area contributed by atoms with Crippen molar-refractivity contribution < 1.29 is 19.0 Å². The monoisotopic (exact) mass is 641 g/mol. The number of benzene rings is 2. The molecule has 3 rings (SSSR count). The Morgan fingerprint density at radius 1 is 1.29 bits per heavy atom. The summed E-state index contributed by atoms with van der Waals surface area (Å²) < 4.78 is 19.2. The zero-order valence-electron chi connectivity index (χ0n) is 19.3. The maximum atomic E-state index is 13.2. The second-order valence-electron chi connectivity index (χ2n) is 7.35. The Labute approximate surface area is 219 Å². The Hall–Kier alpha value is -2.47. The molecule has 2 aromatic carbocycles. The molecular formula is C24H25BrIN3O5. The van der Waals surface area contributed by atoms with Gasteiger partial charge < -0.3 is 14.2 Å². The first-order valence-corrected chi connectivity index (χ1v) is 12.6. The molecule has 3 aromatic rings. The van der Waals surface area contributed by atoms with Crippen LogP contribution in [0.1, 0.15) is 38.6 Å². The number of fused-ring (bicyclic) bond motifs is 1. The highest BCUT2D eigenvalue weighted by Crippen LogP contribution is 2.34. The Balaban J connectivity index is 2.00. The zero-order chi connectivity index (χ0) is 24.8. The lowest BCUT2D eigenvalue weighted by molar-refractivity contribution is -0.150. The van der Waals surface area contributed by atoms with Gasteiger partial charge in [0.05, 0.1) is 34.4 Å².